The summed E-state index contributed by atoms with van der Waals surface area (Å²) in [5.41, 5.74) is 1.66. The average molecular weight is 392 g/mol. The van der Waals surface area contributed by atoms with E-state index >= 15 is 0 Å². The van der Waals surface area contributed by atoms with E-state index in [-0.39, 0.29) is 29.5 Å². The molecule has 0 saturated heterocycles. The van der Waals surface area contributed by atoms with E-state index in [0.29, 0.717) is 11.6 Å². The standard InChI is InChI=1S/C16H17ClF3N3O3/c1-8(2)6-26-7-10-9(3)14(24)23(15(10)25)22-12-5-4-11(13(17)21-12)16(18,19)20/h4-5,8H,6-7H2,1-3H3,(H,21,22). The van der Waals surface area contributed by atoms with E-state index in [2.05, 4.69) is 10.4 Å². The van der Waals surface area contributed by atoms with Gasteiger partial charge in [-0.1, -0.05) is 25.4 Å². The number of hydrogen-bond donors (Lipinski definition) is 1. The maximum absolute atomic E-state index is 12.7. The summed E-state index contributed by atoms with van der Waals surface area (Å²) in [7, 11) is 0. The maximum atomic E-state index is 12.7. The molecular formula is C16H17ClF3N3O3. The molecule has 0 radical (unpaired) electrons. The van der Waals surface area contributed by atoms with Crippen LogP contribution < -0.4 is 5.43 Å². The lowest BCUT2D eigenvalue weighted by atomic mass is 10.2. The van der Waals surface area contributed by atoms with E-state index in [9.17, 15) is 22.8 Å². The van der Waals surface area contributed by atoms with E-state index in [1.165, 1.54) is 6.92 Å². The van der Waals surface area contributed by atoms with Crippen LogP contribution in [0.5, 0.6) is 0 Å². The van der Waals surface area contributed by atoms with Crippen molar-refractivity contribution in [1.82, 2.24) is 9.99 Å². The van der Waals surface area contributed by atoms with Gasteiger partial charge in [-0.3, -0.25) is 15.0 Å². The quantitative estimate of drug-likeness (QED) is 0.594. The SMILES string of the molecule is CC1=C(COCC(C)C)C(=O)N(Nc2ccc(C(F)(F)F)c(Cl)n2)C1=O. The van der Waals surface area contributed by atoms with Crippen LogP contribution in [0.15, 0.2) is 23.3 Å². The summed E-state index contributed by atoms with van der Waals surface area (Å²) < 4.78 is 43.5. The number of ether oxygens (including phenoxy) is 1. The van der Waals surface area contributed by atoms with Crippen molar-refractivity contribution in [1.29, 1.82) is 0 Å². The van der Waals surface area contributed by atoms with Gasteiger partial charge in [0.05, 0.1) is 17.7 Å². The molecule has 142 valence electrons. The molecule has 1 aromatic rings. The Morgan fingerprint density at radius 2 is 1.92 bits per heavy atom. The Labute approximate surface area is 152 Å². The van der Waals surface area contributed by atoms with Gasteiger partial charge in [0.2, 0.25) is 0 Å². The Balaban J connectivity index is 2.13. The predicted molar refractivity (Wildman–Crippen MR) is 88.1 cm³/mol. The smallest absolute Gasteiger partial charge is 0.376 e. The second-order valence-electron chi connectivity index (χ2n) is 6.10. The van der Waals surface area contributed by atoms with Crippen molar-refractivity contribution >= 4 is 29.2 Å². The highest BCUT2D eigenvalue weighted by Gasteiger charge is 2.37. The van der Waals surface area contributed by atoms with Crippen LogP contribution in [0.4, 0.5) is 19.0 Å². The summed E-state index contributed by atoms with van der Waals surface area (Å²) in [5.74, 6) is -1.18. The zero-order valence-electron chi connectivity index (χ0n) is 14.3. The molecule has 2 rings (SSSR count). The van der Waals surface area contributed by atoms with Crippen LogP contribution in [-0.4, -0.2) is 35.0 Å². The molecule has 1 N–H and O–H groups in total. The molecule has 0 unspecified atom stereocenters. The minimum Gasteiger partial charge on any atom is -0.376 e. The van der Waals surface area contributed by atoms with Gasteiger partial charge in [-0.2, -0.15) is 18.2 Å². The Kier molecular flexibility index (Phi) is 5.92. The van der Waals surface area contributed by atoms with Gasteiger partial charge in [0.25, 0.3) is 11.8 Å². The lowest BCUT2D eigenvalue weighted by Crippen LogP contribution is -2.37. The number of imide groups is 1. The second-order valence-corrected chi connectivity index (χ2v) is 6.46. The molecule has 0 atom stereocenters. The van der Waals surface area contributed by atoms with Gasteiger partial charge in [-0.25, -0.2) is 4.98 Å². The molecule has 0 saturated carbocycles. The normalized spacial score (nSPS) is 15.5. The lowest BCUT2D eigenvalue weighted by Gasteiger charge is -2.18. The molecule has 1 aliphatic heterocycles. The van der Waals surface area contributed by atoms with Crippen LogP contribution in [0.3, 0.4) is 0 Å². The Hall–Kier alpha value is -2.13. The van der Waals surface area contributed by atoms with Crippen LogP contribution in [0.2, 0.25) is 5.15 Å². The zero-order valence-corrected chi connectivity index (χ0v) is 15.0. The van der Waals surface area contributed by atoms with Crippen molar-refractivity contribution in [3.05, 3.63) is 34.0 Å². The molecule has 26 heavy (non-hydrogen) atoms. The van der Waals surface area contributed by atoms with E-state index in [1.54, 1.807) is 0 Å². The first-order chi connectivity index (χ1) is 12.0. The monoisotopic (exact) mass is 391 g/mol. The summed E-state index contributed by atoms with van der Waals surface area (Å²) in [6.45, 7) is 5.74. The van der Waals surface area contributed by atoms with Gasteiger partial charge >= 0.3 is 6.18 Å². The Morgan fingerprint density at radius 1 is 1.27 bits per heavy atom. The molecule has 2 heterocycles. The summed E-state index contributed by atoms with van der Waals surface area (Å²) in [6, 6.07) is 1.70. The number of anilines is 1. The number of amides is 2. The Morgan fingerprint density at radius 3 is 2.46 bits per heavy atom. The van der Waals surface area contributed by atoms with Crippen molar-refractivity contribution < 1.29 is 27.5 Å². The summed E-state index contributed by atoms with van der Waals surface area (Å²) in [6.07, 6.45) is -4.65. The van der Waals surface area contributed by atoms with Crippen molar-refractivity contribution in [2.75, 3.05) is 18.6 Å². The number of carbonyl (C=O) groups is 2. The van der Waals surface area contributed by atoms with Crippen molar-refractivity contribution in [3.63, 3.8) is 0 Å². The van der Waals surface area contributed by atoms with Crippen molar-refractivity contribution in [2.24, 2.45) is 5.92 Å². The number of nitrogens with zero attached hydrogens (tertiary/aromatic N) is 2. The average Bonchev–Trinajstić information content (AvgIpc) is 2.71. The number of halogens is 4. The number of alkyl halides is 3. The highest BCUT2D eigenvalue weighted by atomic mass is 35.5. The third kappa shape index (κ3) is 4.34. The van der Waals surface area contributed by atoms with Gasteiger partial charge < -0.3 is 4.74 Å². The zero-order chi connectivity index (χ0) is 19.6. The first kappa shape index (κ1) is 20.2. The number of hydrogen-bond acceptors (Lipinski definition) is 5. The fraction of sp³-hybridized carbons (Fsp3) is 0.438. The molecule has 0 aromatic carbocycles. The third-order valence-corrected chi connectivity index (χ3v) is 3.80. The second kappa shape index (κ2) is 7.63. The molecule has 6 nitrogen and oxygen atoms in total. The van der Waals surface area contributed by atoms with E-state index in [0.717, 1.165) is 12.1 Å². The molecule has 0 aliphatic carbocycles. The van der Waals surface area contributed by atoms with Gasteiger partial charge in [-0.05, 0) is 25.0 Å². The van der Waals surface area contributed by atoms with Crippen LogP contribution in [0.25, 0.3) is 0 Å². The van der Waals surface area contributed by atoms with Crippen LogP contribution in [0, 0.1) is 5.92 Å². The minimum atomic E-state index is -4.65. The fourth-order valence-corrected chi connectivity index (χ4v) is 2.44. The molecule has 2 amide bonds. The highest BCUT2D eigenvalue weighted by Crippen LogP contribution is 2.34. The molecule has 0 bridgehead atoms. The third-order valence-electron chi connectivity index (χ3n) is 3.52. The van der Waals surface area contributed by atoms with Gasteiger partial charge in [0.15, 0.2) is 0 Å². The summed E-state index contributed by atoms with van der Waals surface area (Å²) >= 11 is 5.54. The molecule has 1 aliphatic rings. The first-order valence-corrected chi connectivity index (χ1v) is 8.06. The topological polar surface area (TPSA) is 71.5 Å². The number of carbonyl (C=O) groups excluding carboxylic acids is 2. The van der Waals surface area contributed by atoms with E-state index in [4.69, 9.17) is 16.3 Å². The number of hydrazine groups is 1. The largest absolute Gasteiger partial charge is 0.419 e. The number of rotatable bonds is 6. The summed E-state index contributed by atoms with van der Waals surface area (Å²) in [4.78, 5) is 28.2. The molecule has 0 fully saturated rings. The number of pyridine rings is 1. The van der Waals surface area contributed by atoms with Crippen LogP contribution in [-0.2, 0) is 20.5 Å². The number of nitrogens with one attached hydrogen (secondary N) is 1. The van der Waals surface area contributed by atoms with Crippen LogP contribution in [0.1, 0.15) is 26.3 Å². The van der Waals surface area contributed by atoms with E-state index in [1.807, 2.05) is 13.8 Å². The van der Waals surface area contributed by atoms with Gasteiger partial charge in [0.1, 0.15) is 11.0 Å². The van der Waals surface area contributed by atoms with Crippen LogP contribution >= 0.6 is 11.6 Å². The lowest BCUT2D eigenvalue weighted by molar-refractivity contribution is -0.138. The van der Waals surface area contributed by atoms with E-state index < -0.39 is 28.7 Å². The highest BCUT2D eigenvalue weighted by molar-refractivity contribution is 6.30. The number of aromatic nitrogens is 1. The summed E-state index contributed by atoms with van der Waals surface area (Å²) in [5, 5.41) is -0.109. The van der Waals surface area contributed by atoms with Gasteiger partial charge in [-0.15, -0.1) is 0 Å². The predicted octanol–water partition coefficient (Wildman–Crippen LogP) is 3.44. The first-order valence-electron chi connectivity index (χ1n) is 7.69. The molecule has 1 aromatic heterocycles. The molecule has 0 spiro atoms. The fourth-order valence-electron chi connectivity index (χ4n) is 2.18. The maximum Gasteiger partial charge on any atom is 0.419 e. The van der Waals surface area contributed by atoms with Crippen molar-refractivity contribution in [2.45, 2.75) is 26.9 Å². The van der Waals surface area contributed by atoms with Gasteiger partial charge in [0, 0.05) is 12.2 Å². The molecule has 10 heteroatoms. The van der Waals surface area contributed by atoms with Crippen molar-refractivity contribution in [3.8, 4) is 0 Å². The molecular weight excluding hydrogens is 375 g/mol. The minimum absolute atomic E-state index is 0.0338. The Bertz CT molecular complexity index is 763.